The predicted octanol–water partition coefficient (Wildman–Crippen LogP) is 2.65. The first kappa shape index (κ1) is 16.8. The van der Waals surface area contributed by atoms with E-state index in [1.165, 1.54) is 12.1 Å². The van der Waals surface area contributed by atoms with Crippen molar-refractivity contribution in [3.63, 3.8) is 0 Å². The van der Waals surface area contributed by atoms with Crippen LogP contribution in [-0.2, 0) is 0 Å². The van der Waals surface area contributed by atoms with Crippen LogP contribution >= 0.6 is 11.3 Å². The average Bonchev–Trinajstić information content (AvgIpc) is 3.03. The maximum absolute atomic E-state index is 12.0. The van der Waals surface area contributed by atoms with E-state index in [1.807, 2.05) is 6.92 Å². The van der Waals surface area contributed by atoms with E-state index in [-0.39, 0.29) is 16.9 Å². The number of carbonyl (C=O) groups is 2. The minimum atomic E-state index is -1.04. The van der Waals surface area contributed by atoms with Gasteiger partial charge in [-0.2, -0.15) is 0 Å². The largest absolute Gasteiger partial charge is 0.497 e. The van der Waals surface area contributed by atoms with Crippen LogP contribution in [-0.4, -0.2) is 36.7 Å². The number of methoxy groups -OCH3 is 1. The van der Waals surface area contributed by atoms with Crippen LogP contribution in [0.5, 0.6) is 11.5 Å². The monoisotopic (exact) mass is 335 g/mol. The minimum absolute atomic E-state index is 0.137. The molecular formula is C16H17NO5S. The molecule has 0 bridgehead atoms. The second-order valence-corrected chi connectivity index (χ2v) is 5.87. The Bertz CT molecular complexity index is 680. The molecule has 0 fully saturated rings. The van der Waals surface area contributed by atoms with Gasteiger partial charge >= 0.3 is 5.97 Å². The summed E-state index contributed by atoms with van der Waals surface area (Å²) in [5.74, 6) is 0.0695. The van der Waals surface area contributed by atoms with Crippen molar-refractivity contribution in [3.05, 3.63) is 46.2 Å². The number of hydrogen-bond acceptors (Lipinski definition) is 5. The highest BCUT2D eigenvalue weighted by atomic mass is 32.1. The SMILES string of the molecule is COc1ccc(OC(C)CNC(=O)c2ccc(C(=O)O)s2)cc1. The van der Waals surface area contributed by atoms with Gasteiger partial charge < -0.3 is 19.9 Å². The second-order valence-electron chi connectivity index (χ2n) is 4.78. The summed E-state index contributed by atoms with van der Waals surface area (Å²) in [7, 11) is 1.59. The van der Waals surface area contributed by atoms with E-state index in [0.717, 1.165) is 17.1 Å². The number of carboxylic acid groups (broad SMARTS) is 1. The first-order valence-corrected chi connectivity index (χ1v) is 7.73. The number of benzene rings is 1. The molecule has 1 aromatic heterocycles. The van der Waals surface area contributed by atoms with Gasteiger partial charge in [-0.25, -0.2) is 4.79 Å². The Morgan fingerprint density at radius 1 is 1.13 bits per heavy atom. The van der Waals surface area contributed by atoms with E-state index >= 15 is 0 Å². The average molecular weight is 335 g/mol. The molecule has 0 saturated carbocycles. The van der Waals surface area contributed by atoms with Crippen molar-refractivity contribution in [2.75, 3.05) is 13.7 Å². The molecule has 0 aliphatic carbocycles. The van der Waals surface area contributed by atoms with E-state index in [9.17, 15) is 9.59 Å². The zero-order valence-corrected chi connectivity index (χ0v) is 13.6. The number of amides is 1. The van der Waals surface area contributed by atoms with Crippen LogP contribution < -0.4 is 14.8 Å². The molecule has 0 aliphatic heterocycles. The summed E-state index contributed by atoms with van der Waals surface area (Å²) in [6, 6.07) is 10.1. The van der Waals surface area contributed by atoms with Crippen molar-refractivity contribution in [2.24, 2.45) is 0 Å². The maximum atomic E-state index is 12.0. The Hall–Kier alpha value is -2.54. The highest BCUT2D eigenvalue weighted by Gasteiger charge is 2.14. The first-order valence-electron chi connectivity index (χ1n) is 6.91. The lowest BCUT2D eigenvalue weighted by Gasteiger charge is -2.15. The first-order chi connectivity index (χ1) is 11.0. The fourth-order valence-corrected chi connectivity index (χ4v) is 2.59. The van der Waals surface area contributed by atoms with Crippen molar-refractivity contribution in [3.8, 4) is 11.5 Å². The number of nitrogens with one attached hydrogen (secondary N) is 1. The van der Waals surface area contributed by atoms with Crippen molar-refractivity contribution in [1.29, 1.82) is 0 Å². The second kappa shape index (κ2) is 7.64. The van der Waals surface area contributed by atoms with Gasteiger partial charge in [-0.05, 0) is 43.3 Å². The number of hydrogen-bond donors (Lipinski definition) is 2. The summed E-state index contributed by atoms with van der Waals surface area (Å²) in [6.45, 7) is 2.15. The molecule has 1 atom stereocenters. The lowest BCUT2D eigenvalue weighted by Crippen LogP contribution is -2.33. The molecule has 23 heavy (non-hydrogen) atoms. The van der Waals surface area contributed by atoms with Gasteiger partial charge in [-0.3, -0.25) is 4.79 Å². The molecular weight excluding hydrogens is 318 g/mol. The molecule has 1 heterocycles. The summed E-state index contributed by atoms with van der Waals surface area (Å²) >= 11 is 0.943. The number of rotatable bonds is 7. The molecule has 6 nitrogen and oxygen atoms in total. The van der Waals surface area contributed by atoms with E-state index in [2.05, 4.69) is 5.32 Å². The maximum Gasteiger partial charge on any atom is 0.345 e. The molecule has 122 valence electrons. The predicted molar refractivity (Wildman–Crippen MR) is 86.7 cm³/mol. The van der Waals surface area contributed by atoms with Crippen LogP contribution in [0.15, 0.2) is 36.4 Å². The standard InChI is InChI=1S/C16H17NO5S/c1-10(22-12-5-3-11(21-2)4-6-12)9-17-15(18)13-7-8-14(23-13)16(19)20/h3-8,10H,9H2,1-2H3,(H,17,18)(H,19,20). The van der Waals surface area contributed by atoms with Crippen molar-refractivity contribution in [1.82, 2.24) is 5.32 Å². The van der Waals surface area contributed by atoms with E-state index in [4.69, 9.17) is 14.6 Å². The Morgan fingerprint density at radius 3 is 2.30 bits per heavy atom. The smallest absolute Gasteiger partial charge is 0.345 e. The van der Waals surface area contributed by atoms with Gasteiger partial charge in [-0.15, -0.1) is 11.3 Å². The van der Waals surface area contributed by atoms with E-state index < -0.39 is 5.97 Å². The van der Waals surface area contributed by atoms with Crippen molar-refractivity contribution < 1.29 is 24.2 Å². The summed E-state index contributed by atoms with van der Waals surface area (Å²) in [5, 5.41) is 11.6. The minimum Gasteiger partial charge on any atom is -0.497 e. The summed E-state index contributed by atoms with van der Waals surface area (Å²) in [5.41, 5.74) is 0. The third kappa shape index (κ3) is 4.72. The zero-order chi connectivity index (χ0) is 16.8. The Labute approximate surface area is 137 Å². The van der Waals surface area contributed by atoms with Crippen molar-refractivity contribution in [2.45, 2.75) is 13.0 Å². The molecule has 0 radical (unpaired) electrons. The molecule has 2 aromatic rings. The number of thiophene rings is 1. The van der Waals surface area contributed by atoms with Gasteiger partial charge in [0.05, 0.1) is 18.5 Å². The normalized spacial score (nSPS) is 11.6. The van der Waals surface area contributed by atoms with Gasteiger partial charge in [0.2, 0.25) is 0 Å². The fourth-order valence-electron chi connectivity index (χ4n) is 1.83. The quantitative estimate of drug-likeness (QED) is 0.812. The van der Waals surface area contributed by atoms with E-state index in [0.29, 0.717) is 17.2 Å². The van der Waals surface area contributed by atoms with Crippen LogP contribution in [0.2, 0.25) is 0 Å². The molecule has 1 amide bonds. The molecule has 0 spiro atoms. The third-order valence-corrected chi connectivity index (χ3v) is 4.06. The van der Waals surface area contributed by atoms with Crippen LogP contribution in [0, 0.1) is 0 Å². The fraction of sp³-hybridized carbons (Fsp3) is 0.250. The highest BCUT2D eigenvalue weighted by Crippen LogP contribution is 2.18. The van der Waals surface area contributed by atoms with Crippen molar-refractivity contribution >= 4 is 23.2 Å². The molecule has 2 rings (SSSR count). The summed E-state index contributed by atoms with van der Waals surface area (Å²) < 4.78 is 10.8. The van der Waals surface area contributed by atoms with Gasteiger partial charge in [0.15, 0.2) is 0 Å². The number of ether oxygens (including phenoxy) is 2. The van der Waals surface area contributed by atoms with Gasteiger partial charge in [0.1, 0.15) is 22.5 Å². The van der Waals surface area contributed by atoms with Gasteiger partial charge in [0, 0.05) is 0 Å². The lowest BCUT2D eigenvalue weighted by molar-refractivity contribution is 0.0702. The number of carbonyl (C=O) groups excluding carboxylic acids is 1. The van der Waals surface area contributed by atoms with Crippen LogP contribution in [0.25, 0.3) is 0 Å². The van der Waals surface area contributed by atoms with Crippen LogP contribution in [0.3, 0.4) is 0 Å². The molecule has 1 aromatic carbocycles. The van der Waals surface area contributed by atoms with Crippen LogP contribution in [0.1, 0.15) is 26.3 Å². The van der Waals surface area contributed by atoms with Gasteiger partial charge in [-0.1, -0.05) is 0 Å². The zero-order valence-electron chi connectivity index (χ0n) is 12.7. The van der Waals surface area contributed by atoms with E-state index in [1.54, 1.807) is 31.4 Å². The molecule has 2 N–H and O–H groups in total. The topological polar surface area (TPSA) is 84.9 Å². The number of aromatic carboxylic acids is 1. The Morgan fingerprint density at radius 2 is 1.74 bits per heavy atom. The molecule has 7 heteroatoms. The molecule has 1 unspecified atom stereocenters. The van der Waals surface area contributed by atoms with Gasteiger partial charge in [0.25, 0.3) is 5.91 Å². The summed E-state index contributed by atoms with van der Waals surface area (Å²) in [6.07, 6.45) is -0.230. The Balaban J connectivity index is 1.83. The Kier molecular flexibility index (Phi) is 5.59. The molecule has 0 aliphatic rings. The lowest BCUT2D eigenvalue weighted by atomic mass is 10.3. The van der Waals surface area contributed by atoms with Crippen LogP contribution in [0.4, 0.5) is 0 Å². The highest BCUT2D eigenvalue weighted by molar-refractivity contribution is 7.15. The number of carboxylic acids is 1. The summed E-state index contributed by atoms with van der Waals surface area (Å²) in [4.78, 5) is 23.3. The third-order valence-electron chi connectivity index (χ3n) is 2.99. The molecule has 0 saturated heterocycles.